The summed E-state index contributed by atoms with van der Waals surface area (Å²) >= 11 is 0. The number of anilines is 1. The standard InChI is InChI=1S/C24H28N2O4/c1-23(2,3)17-8-6-16(7-9-17)22(28)25-15-21(27)26-18-10-11-19-20(14-18)30-24(29-19)12-4-5-13-24/h6-11,14H,4-5,12-13,15H2,1-3H3,(H,25,28)(H,26,27). The molecule has 4 rings (SSSR count). The van der Waals surface area contributed by atoms with E-state index in [2.05, 4.69) is 31.4 Å². The molecule has 30 heavy (non-hydrogen) atoms. The summed E-state index contributed by atoms with van der Waals surface area (Å²) in [5.74, 6) is 0.254. The molecule has 2 aromatic rings. The lowest BCUT2D eigenvalue weighted by atomic mass is 9.87. The third-order valence-electron chi connectivity index (χ3n) is 5.61. The van der Waals surface area contributed by atoms with Crippen LogP contribution in [0.1, 0.15) is 62.4 Å². The number of carbonyl (C=O) groups excluding carboxylic acids is 2. The van der Waals surface area contributed by atoms with Gasteiger partial charge in [-0.25, -0.2) is 0 Å². The van der Waals surface area contributed by atoms with Crippen LogP contribution in [0.15, 0.2) is 42.5 Å². The van der Waals surface area contributed by atoms with Gasteiger partial charge in [-0.3, -0.25) is 9.59 Å². The number of amides is 2. The lowest BCUT2D eigenvalue weighted by Gasteiger charge is -2.21. The lowest BCUT2D eigenvalue weighted by molar-refractivity contribution is -0.115. The third kappa shape index (κ3) is 4.27. The summed E-state index contributed by atoms with van der Waals surface area (Å²) in [4.78, 5) is 24.6. The first-order valence-corrected chi connectivity index (χ1v) is 10.4. The predicted octanol–water partition coefficient (Wildman–Crippen LogP) is 4.39. The normalized spacial score (nSPS) is 16.5. The molecule has 0 bridgehead atoms. The Labute approximate surface area is 177 Å². The Hall–Kier alpha value is -3.02. The molecule has 1 saturated carbocycles. The summed E-state index contributed by atoms with van der Waals surface area (Å²) in [5, 5.41) is 5.46. The van der Waals surface area contributed by atoms with Crippen molar-refractivity contribution in [3.05, 3.63) is 53.6 Å². The number of ether oxygens (including phenoxy) is 2. The van der Waals surface area contributed by atoms with Gasteiger partial charge in [-0.1, -0.05) is 32.9 Å². The van der Waals surface area contributed by atoms with Crippen LogP contribution in [0.25, 0.3) is 0 Å². The van der Waals surface area contributed by atoms with Crippen LogP contribution in [0.5, 0.6) is 11.5 Å². The average molecular weight is 408 g/mol. The molecule has 1 aliphatic carbocycles. The lowest BCUT2D eigenvalue weighted by Crippen LogP contribution is -2.34. The molecule has 0 saturated heterocycles. The summed E-state index contributed by atoms with van der Waals surface area (Å²) in [6.45, 7) is 6.25. The second kappa shape index (κ2) is 7.67. The minimum absolute atomic E-state index is 0.0247. The van der Waals surface area contributed by atoms with Gasteiger partial charge in [0.05, 0.1) is 6.54 Å². The van der Waals surface area contributed by atoms with Gasteiger partial charge in [0.15, 0.2) is 11.5 Å². The fourth-order valence-corrected chi connectivity index (χ4v) is 3.88. The Morgan fingerprint density at radius 3 is 2.30 bits per heavy atom. The van der Waals surface area contributed by atoms with Crippen LogP contribution in [0.2, 0.25) is 0 Å². The molecule has 2 aromatic carbocycles. The molecule has 2 N–H and O–H groups in total. The molecule has 0 unspecified atom stereocenters. The molecule has 1 fully saturated rings. The first-order valence-electron chi connectivity index (χ1n) is 10.4. The third-order valence-corrected chi connectivity index (χ3v) is 5.61. The van der Waals surface area contributed by atoms with Crippen LogP contribution in [-0.4, -0.2) is 24.1 Å². The van der Waals surface area contributed by atoms with Crippen molar-refractivity contribution in [3.63, 3.8) is 0 Å². The van der Waals surface area contributed by atoms with Crippen molar-refractivity contribution < 1.29 is 19.1 Å². The van der Waals surface area contributed by atoms with E-state index in [-0.39, 0.29) is 23.8 Å². The van der Waals surface area contributed by atoms with Gasteiger partial charge in [0.1, 0.15) is 0 Å². The first kappa shape index (κ1) is 20.3. The van der Waals surface area contributed by atoms with Crippen molar-refractivity contribution in [3.8, 4) is 11.5 Å². The van der Waals surface area contributed by atoms with Gasteiger partial charge in [-0.2, -0.15) is 0 Å². The number of carbonyl (C=O) groups is 2. The molecule has 158 valence electrons. The van der Waals surface area contributed by atoms with E-state index in [0.717, 1.165) is 31.2 Å². The Bertz CT molecular complexity index is 954. The van der Waals surface area contributed by atoms with Gasteiger partial charge in [-0.15, -0.1) is 0 Å². The van der Waals surface area contributed by atoms with Crippen LogP contribution in [0.4, 0.5) is 5.69 Å². The highest BCUT2D eigenvalue weighted by Crippen LogP contribution is 2.47. The van der Waals surface area contributed by atoms with Crippen molar-refractivity contribution in [2.24, 2.45) is 0 Å². The Morgan fingerprint density at radius 2 is 1.63 bits per heavy atom. The van der Waals surface area contributed by atoms with Gasteiger partial charge in [0.25, 0.3) is 11.7 Å². The number of fused-ring (bicyclic) bond motifs is 1. The molecule has 1 aliphatic heterocycles. The minimum atomic E-state index is -0.526. The zero-order valence-corrected chi connectivity index (χ0v) is 17.7. The second-order valence-electron chi connectivity index (χ2n) is 9.04. The first-order chi connectivity index (χ1) is 14.2. The number of rotatable bonds is 4. The monoisotopic (exact) mass is 408 g/mol. The van der Waals surface area contributed by atoms with E-state index >= 15 is 0 Å². The summed E-state index contributed by atoms with van der Waals surface area (Å²) in [6.07, 6.45) is 3.95. The molecular weight excluding hydrogens is 380 g/mol. The molecule has 6 heteroatoms. The van der Waals surface area contributed by atoms with Crippen molar-refractivity contribution in [2.75, 3.05) is 11.9 Å². The summed E-state index contributed by atoms with van der Waals surface area (Å²) in [7, 11) is 0. The van der Waals surface area contributed by atoms with Crippen molar-refractivity contribution >= 4 is 17.5 Å². The molecule has 2 amide bonds. The molecule has 1 heterocycles. The number of benzene rings is 2. The van der Waals surface area contributed by atoms with Gasteiger partial charge < -0.3 is 20.1 Å². The van der Waals surface area contributed by atoms with Gasteiger partial charge in [0, 0.05) is 30.2 Å². The molecule has 1 spiro atoms. The van der Waals surface area contributed by atoms with E-state index in [1.165, 1.54) is 0 Å². The van der Waals surface area contributed by atoms with Crippen molar-refractivity contribution in [1.29, 1.82) is 0 Å². The zero-order chi connectivity index (χ0) is 21.4. The summed E-state index contributed by atoms with van der Waals surface area (Å²) in [6, 6.07) is 12.8. The second-order valence-corrected chi connectivity index (χ2v) is 9.04. The number of nitrogens with one attached hydrogen (secondary N) is 2. The predicted molar refractivity (Wildman–Crippen MR) is 115 cm³/mol. The molecule has 0 atom stereocenters. The topological polar surface area (TPSA) is 76.7 Å². The van der Waals surface area contributed by atoms with E-state index in [4.69, 9.17) is 9.47 Å². The Morgan fingerprint density at radius 1 is 0.967 bits per heavy atom. The maximum atomic E-state index is 12.3. The van der Waals surface area contributed by atoms with Gasteiger partial charge in [-0.05, 0) is 48.1 Å². The van der Waals surface area contributed by atoms with Gasteiger partial charge >= 0.3 is 0 Å². The maximum absolute atomic E-state index is 12.3. The Balaban J connectivity index is 1.31. The van der Waals surface area contributed by atoms with Crippen LogP contribution >= 0.6 is 0 Å². The van der Waals surface area contributed by atoms with Crippen LogP contribution in [0.3, 0.4) is 0 Å². The van der Waals surface area contributed by atoms with Crippen molar-refractivity contribution in [1.82, 2.24) is 5.32 Å². The number of hydrogen-bond acceptors (Lipinski definition) is 4. The van der Waals surface area contributed by atoms with E-state index in [0.29, 0.717) is 22.7 Å². The molecular formula is C24H28N2O4. The van der Waals surface area contributed by atoms with Gasteiger partial charge in [0.2, 0.25) is 5.91 Å². The largest absolute Gasteiger partial charge is 0.448 e. The highest BCUT2D eigenvalue weighted by atomic mass is 16.7. The highest BCUT2D eigenvalue weighted by molar-refractivity contribution is 5.99. The smallest absolute Gasteiger partial charge is 0.251 e. The average Bonchev–Trinajstić information content (AvgIpc) is 3.31. The Kier molecular flexibility index (Phi) is 5.18. The van der Waals surface area contributed by atoms with E-state index in [9.17, 15) is 9.59 Å². The number of hydrogen-bond donors (Lipinski definition) is 2. The highest BCUT2D eigenvalue weighted by Gasteiger charge is 2.44. The van der Waals surface area contributed by atoms with E-state index in [1.807, 2.05) is 18.2 Å². The molecule has 0 radical (unpaired) electrons. The molecule has 0 aromatic heterocycles. The quantitative estimate of drug-likeness (QED) is 0.786. The summed E-state index contributed by atoms with van der Waals surface area (Å²) < 4.78 is 12.0. The van der Waals surface area contributed by atoms with Crippen LogP contribution < -0.4 is 20.1 Å². The zero-order valence-electron chi connectivity index (χ0n) is 17.7. The fourth-order valence-electron chi connectivity index (χ4n) is 3.88. The molecule has 6 nitrogen and oxygen atoms in total. The van der Waals surface area contributed by atoms with Crippen LogP contribution in [-0.2, 0) is 10.2 Å². The minimum Gasteiger partial charge on any atom is -0.448 e. The molecule has 2 aliphatic rings. The van der Waals surface area contributed by atoms with Crippen LogP contribution in [0, 0.1) is 0 Å². The van der Waals surface area contributed by atoms with E-state index < -0.39 is 5.79 Å². The fraction of sp³-hybridized carbons (Fsp3) is 0.417. The van der Waals surface area contributed by atoms with Crippen molar-refractivity contribution in [2.45, 2.75) is 57.7 Å². The summed E-state index contributed by atoms with van der Waals surface area (Å²) in [5.41, 5.74) is 2.32. The maximum Gasteiger partial charge on any atom is 0.251 e. The SMILES string of the molecule is CC(C)(C)c1ccc(C(=O)NCC(=O)Nc2ccc3c(c2)OC2(CCCC2)O3)cc1. The van der Waals surface area contributed by atoms with E-state index in [1.54, 1.807) is 24.3 Å².